The second-order valence-corrected chi connectivity index (χ2v) is 5.52. The number of amides is 1. The minimum Gasteiger partial charge on any atom is -0.494 e. The number of nitrogens with zero attached hydrogens (tertiary/aromatic N) is 1. The summed E-state index contributed by atoms with van der Waals surface area (Å²) >= 11 is 0. The molecule has 2 rings (SSSR count). The van der Waals surface area contributed by atoms with Gasteiger partial charge in [-0.3, -0.25) is 4.79 Å². The van der Waals surface area contributed by atoms with Crippen molar-refractivity contribution in [1.82, 2.24) is 4.90 Å². The molecule has 2 atom stereocenters. The summed E-state index contributed by atoms with van der Waals surface area (Å²) in [5.41, 5.74) is 0.802. The fraction of sp³-hybridized carbons (Fsp3) is 0.562. The molecule has 116 valence electrons. The van der Waals surface area contributed by atoms with Crippen LogP contribution in [0, 0.1) is 5.82 Å². The molecule has 2 unspecified atom stereocenters. The Labute approximate surface area is 124 Å². The van der Waals surface area contributed by atoms with Crippen molar-refractivity contribution in [3.05, 3.63) is 29.6 Å². The standard InChI is InChI=1S/C16H22FNO3/c1-11-9-18(10-12(2)21-11)16(19)7-5-13-4-6-15(20-3)14(17)8-13/h4,6,8,11-12H,5,7,9-10H2,1-3H3. The number of hydrogen-bond acceptors (Lipinski definition) is 3. The van der Waals surface area contributed by atoms with Crippen molar-refractivity contribution in [2.75, 3.05) is 20.2 Å². The maximum Gasteiger partial charge on any atom is 0.223 e. The van der Waals surface area contributed by atoms with Gasteiger partial charge in [0.15, 0.2) is 11.6 Å². The Bertz CT molecular complexity index is 496. The lowest BCUT2D eigenvalue weighted by molar-refractivity contribution is -0.143. The number of benzene rings is 1. The average molecular weight is 295 g/mol. The third-order valence-corrected chi connectivity index (χ3v) is 3.62. The van der Waals surface area contributed by atoms with E-state index in [1.165, 1.54) is 13.2 Å². The molecule has 0 aliphatic carbocycles. The van der Waals surface area contributed by atoms with E-state index in [1.54, 1.807) is 12.1 Å². The highest BCUT2D eigenvalue weighted by molar-refractivity contribution is 5.76. The smallest absolute Gasteiger partial charge is 0.223 e. The number of hydrogen-bond donors (Lipinski definition) is 0. The van der Waals surface area contributed by atoms with Gasteiger partial charge in [0.1, 0.15) is 0 Å². The molecule has 1 aromatic carbocycles. The van der Waals surface area contributed by atoms with Gasteiger partial charge in [-0.2, -0.15) is 0 Å². The third-order valence-electron chi connectivity index (χ3n) is 3.62. The molecule has 1 aromatic rings. The van der Waals surface area contributed by atoms with Crippen LogP contribution in [0.1, 0.15) is 25.8 Å². The monoisotopic (exact) mass is 295 g/mol. The van der Waals surface area contributed by atoms with Crippen LogP contribution in [0.2, 0.25) is 0 Å². The molecule has 1 aliphatic heterocycles. The van der Waals surface area contributed by atoms with E-state index in [0.29, 0.717) is 25.9 Å². The zero-order valence-electron chi connectivity index (χ0n) is 12.8. The average Bonchev–Trinajstić information content (AvgIpc) is 2.43. The van der Waals surface area contributed by atoms with E-state index in [9.17, 15) is 9.18 Å². The lowest BCUT2D eigenvalue weighted by Crippen LogP contribution is -2.48. The predicted octanol–water partition coefficient (Wildman–Crippen LogP) is 2.40. The van der Waals surface area contributed by atoms with Crippen LogP contribution in [0.15, 0.2) is 18.2 Å². The number of halogens is 1. The first-order valence-corrected chi connectivity index (χ1v) is 7.25. The first kappa shape index (κ1) is 15.8. The van der Waals surface area contributed by atoms with Gasteiger partial charge in [0.25, 0.3) is 0 Å². The van der Waals surface area contributed by atoms with Crippen LogP contribution >= 0.6 is 0 Å². The van der Waals surface area contributed by atoms with E-state index < -0.39 is 5.82 Å². The Morgan fingerprint density at radius 1 is 1.38 bits per heavy atom. The molecule has 0 N–H and O–H groups in total. The van der Waals surface area contributed by atoms with Crippen molar-refractivity contribution in [3.63, 3.8) is 0 Å². The first-order valence-electron chi connectivity index (χ1n) is 7.25. The predicted molar refractivity (Wildman–Crippen MR) is 77.9 cm³/mol. The van der Waals surface area contributed by atoms with Crippen LogP contribution in [0.3, 0.4) is 0 Å². The number of aryl methyl sites for hydroxylation is 1. The summed E-state index contributed by atoms with van der Waals surface area (Å²) in [4.78, 5) is 14.1. The van der Waals surface area contributed by atoms with Gasteiger partial charge in [0, 0.05) is 19.5 Å². The summed E-state index contributed by atoms with van der Waals surface area (Å²) in [6.07, 6.45) is 1.04. The molecule has 4 nitrogen and oxygen atoms in total. The maximum atomic E-state index is 13.6. The van der Waals surface area contributed by atoms with E-state index in [-0.39, 0.29) is 23.9 Å². The Hall–Kier alpha value is -1.62. The van der Waals surface area contributed by atoms with Gasteiger partial charge in [-0.25, -0.2) is 4.39 Å². The summed E-state index contributed by atoms with van der Waals surface area (Å²) < 4.78 is 24.1. The number of carbonyl (C=O) groups excluding carboxylic acids is 1. The van der Waals surface area contributed by atoms with Gasteiger partial charge in [-0.1, -0.05) is 6.07 Å². The lowest BCUT2D eigenvalue weighted by Gasteiger charge is -2.35. The largest absolute Gasteiger partial charge is 0.494 e. The molecule has 0 spiro atoms. The Balaban J connectivity index is 1.90. The SMILES string of the molecule is COc1ccc(CCC(=O)N2CC(C)OC(C)C2)cc1F. The second kappa shape index (κ2) is 6.89. The van der Waals surface area contributed by atoms with Gasteiger partial charge in [-0.15, -0.1) is 0 Å². The molecule has 0 aromatic heterocycles. The van der Waals surface area contributed by atoms with Crippen LogP contribution in [-0.4, -0.2) is 43.2 Å². The van der Waals surface area contributed by atoms with Crippen molar-refractivity contribution in [1.29, 1.82) is 0 Å². The third kappa shape index (κ3) is 4.17. The zero-order valence-corrected chi connectivity index (χ0v) is 12.8. The summed E-state index contributed by atoms with van der Waals surface area (Å²) in [6.45, 7) is 5.18. The van der Waals surface area contributed by atoms with Crippen LogP contribution < -0.4 is 4.74 Å². The van der Waals surface area contributed by atoms with E-state index in [0.717, 1.165) is 5.56 Å². The van der Waals surface area contributed by atoms with Crippen LogP contribution in [0.25, 0.3) is 0 Å². The Morgan fingerprint density at radius 3 is 2.62 bits per heavy atom. The number of morpholine rings is 1. The van der Waals surface area contributed by atoms with E-state index in [2.05, 4.69) is 0 Å². The number of ether oxygens (including phenoxy) is 2. The maximum absolute atomic E-state index is 13.6. The molecule has 1 fully saturated rings. The fourth-order valence-electron chi connectivity index (χ4n) is 2.66. The Morgan fingerprint density at radius 2 is 2.05 bits per heavy atom. The minimum atomic E-state index is -0.393. The number of carbonyl (C=O) groups is 1. The molecule has 1 saturated heterocycles. The molecule has 1 aliphatic rings. The molecule has 1 heterocycles. The summed E-state index contributed by atoms with van der Waals surface area (Å²) in [5.74, 6) is -0.0785. The van der Waals surface area contributed by atoms with Gasteiger partial charge in [0.2, 0.25) is 5.91 Å². The first-order chi connectivity index (χ1) is 9.99. The van der Waals surface area contributed by atoms with Gasteiger partial charge >= 0.3 is 0 Å². The van der Waals surface area contributed by atoms with Crippen molar-refractivity contribution < 1.29 is 18.7 Å². The highest BCUT2D eigenvalue weighted by Gasteiger charge is 2.25. The van der Waals surface area contributed by atoms with Crippen LogP contribution in [-0.2, 0) is 16.0 Å². The van der Waals surface area contributed by atoms with Crippen molar-refractivity contribution in [2.45, 2.75) is 38.9 Å². The normalized spacial score (nSPS) is 22.2. The van der Waals surface area contributed by atoms with Crippen molar-refractivity contribution in [2.24, 2.45) is 0 Å². The summed E-state index contributed by atoms with van der Waals surface area (Å²) in [5, 5.41) is 0. The highest BCUT2D eigenvalue weighted by Crippen LogP contribution is 2.19. The topological polar surface area (TPSA) is 38.8 Å². The molecule has 1 amide bonds. The van der Waals surface area contributed by atoms with E-state index in [4.69, 9.17) is 9.47 Å². The van der Waals surface area contributed by atoms with Crippen LogP contribution in [0.4, 0.5) is 4.39 Å². The number of rotatable bonds is 4. The second-order valence-electron chi connectivity index (χ2n) is 5.52. The molecule has 0 saturated carbocycles. The number of methoxy groups -OCH3 is 1. The molecule has 5 heteroatoms. The van der Waals surface area contributed by atoms with Gasteiger partial charge in [0.05, 0.1) is 19.3 Å². The highest BCUT2D eigenvalue weighted by atomic mass is 19.1. The fourth-order valence-corrected chi connectivity index (χ4v) is 2.66. The Kier molecular flexibility index (Phi) is 5.17. The molecule has 0 bridgehead atoms. The van der Waals surface area contributed by atoms with Gasteiger partial charge < -0.3 is 14.4 Å². The summed E-state index contributed by atoms with van der Waals surface area (Å²) in [7, 11) is 1.43. The van der Waals surface area contributed by atoms with Gasteiger partial charge in [-0.05, 0) is 38.0 Å². The summed E-state index contributed by atoms with van der Waals surface area (Å²) in [6, 6.07) is 4.81. The lowest BCUT2D eigenvalue weighted by atomic mass is 10.1. The van der Waals surface area contributed by atoms with Crippen molar-refractivity contribution in [3.8, 4) is 5.75 Å². The molecule has 0 radical (unpaired) electrons. The molecular formula is C16H22FNO3. The quantitative estimate of drug-likeness (QED) is 0.856. The van der Waals surface area contributed by atoms with E-state index in [1.807, 2.05) is 18.7 Å². The minimum absolute atomic E-state index is 0.0659. The van der Waals surface area contributed by atoms with Crippen molar-refractivity contribution >= 4 is 5.91 Å². The molecular weight excluding hydrogens is 273 g/mol. The van der Waals surface area contributed by atoms with Crippen LogP contribution in [0.5, 0.6) is 5.75 Å². The molecule has 21 heavy (non-hydrogen) atoms. The zero-order chi connectivity index (χ0) is 15.4. The van der Waals surface area contributed by atoms with E-state index >= 15 is 0 Å².